The number of rotatable bonds is 6. The minimum atomic E-state index is 0.0498. The lowest BCUT2D eigenvalue weighted by Gasteiger charge is -2.37. The third kappa shape index (κ3) is 4.42. The fraction of sp³-hybridized carbons (Fsp3) is 0.409. The van der Waals surface area contributed by atoms with Crippen molar-refractivity contribution in [2.75, 3.05) is 33.9 Å². The minimum absolute atomic E-state index is 0.0498. The Kier molecular flexibility index (Phi) is 6.35. The molecule has 1 amide bonds. The van der Waals surface area contributed by atoms with E-state index in [-0.39, 0.29) is 11.9 Å². The van der Waals surface area contributed by atoms with Crippen molar-refractivity contribution in [1.82, 2.24) is 10.2 Å². The molecule has 0 spiro atoms. The second-order valence-electron chi connectivity index (χ2n) is 6.76. The molecular formula is C22H28N2O3. The maximum atomic E-state index is 13.1. The molecule has 1 N–H and O–H groups in total. The lowest BCUT2D eigenvalue weighted by molar-refractivity contribution is -0.133. The second kappa shape index (κ2) is 8.91. The van der Waals surface area contributed by atoms with Crippen LogP contribution in [0.1, 0.15) is 29.7 Å². The van der Waals surface area contributed by atoms with Gasteiger partial charge in [0.05, 0.1) is 26.7 Å². The summed E-state index contributed by atoms with van der Waals surface area (Å²) < 4.78 is 10.7. The molecule has 3 rings (SSSR count). The number of piperazine rings is 1. The Morgan fingerprint density at radius 2 is 1.93 bits per heavy atom. The molecule has 0 aromatic heterocycles. The summed E-state index contributed by atoms with van der Waals surface area (Å²) in [7, 11) is 3.25. The number of nitrogens with zero attached hydrogens (tertiary/aromatic N) is 1. The van der Waals surface area contributed by atoms with Crippen molar-refractivity contribution in [1.29, 1.82) is 0 Å². The number of hydrogen-bond donors (Lipinski definition) is 1. The monoisotopic (exact) mass is 368 g/mol. The van der Waals surface area contributed by atoms with Gasteiger partial charge in [0, 0.05) is 25.2 Å². The second-order valence-corrected chi connectivity index (χ2v) is 6.76. The summed E-state index contributed by atoms with van der Waals surface area (Å²) in [6, 6.07) is 14.2. The van der Waals surface area contributed by atoms with E-state index in [1.54, 1.807) is 14.2 Å². The van der Waals surface area contributed by atoms with E-state index < -0.39 is 0 Å². The molecule has 144 valence electrons. The molecule has 0 aliphatic carbocycles. The Balaban J connectivity index is 1.81. The van der Waals surface area contributed by atoms with E-state index in [9.17, 15) is 4.79 Å². The predicted molar refractivity (Wildman–Crippen MR) is 106 cm³/mol. The largest absolute Gasteiger partial charge is 0.497 e. The highest BCUT2D eigenvalue weighted by molar-refractivity contribution is 5.80. The zero-order valence-corrected chi connectivity index (χ0v) is 16.3. The Labute approximate surface area is 161 Å². The van der Waals surface area contributed by atoms with Gasteiger partial charge in [-0.1, -0.05) is 31.2 Å². The maximum absolute atomic E-state index is 13.1. The summed E-state index contributed by atoms with van der Waals surface area (Å²) in [5.41, 5.74) is 3.33. The van der Waals surface area contributed by atoms with Crippen molar-refractivity contribution in [2.45, 2.75) is 25.8 Å². The number of hydrogen-bond acceptors (Lipinski definition) is 4. The third-order valence-electron chi connectivity index (χ3n) is 5.17. The van der Waals surface area contributed by atoms with Gasteiger partial charge in [-0.05, 0) is 35.7 Å². The van der Waals surface area contributed by atoms with Crippen molar-refractivity contribution in [2.24, 2.45) is 0 Å². The van der Waals surface area contributed by atoms with Crippen molar-refractivity contribution in [3.63, 3.8) is 0 Å². The average Bonchev–Trinajstić information content (AvgIpc) is 2.73. The van der Waals surface area contributed by atoms with Gasteiger partial charge >= 0.3 is 0 Å². The number of carbonyl (C=O) groups excluding carboxylic acids is 1. The number of amides is 1. The van der Waals surface area contributed by atoms with Gasteiger partial charge in [0.2, 0.25) is 5.91 Å². The highest BCUT2D eigenvalue weighted by Crippen LogP contribution is 2.28. The Bertz CT molecular complexity index is 774. The molecule has 1 aliphatic rings. The van der Waals surface area contributed by atoms with Crippen LogP contribution in [0, 0.1) is 0 Å². The summed E-state index contributed by atoms with van der Waals surface area (Å²) in [4.78, 5) is 15.1. The van der Waals surface area contributed by atoms with Gasteiger partial charge in [-0.25, -0.2) is 0 Å². The minimum Gasteiger partial charge on any atom is -0.497 e. The molecule has 1 unspecified atom stereocenters. The van der Waals surface area contributed by atoms with Crippen LogP contribution < -0.4 is 14.8 Å². The van der Waals surface area contributed by atoms with Gasteiger partial charge in [-0.15, -0.1) is 0 Å². The first-order valence-electron chi connectivity index (χ1n) is 9.46. The summed E-state index contributed by atoms with van der Waals surface area (Å²) in [6.07, 6.45) is 1.31. The van der Waals surface area contributed by atoms with Crippen LogP contribution in [0.3, 0.4) is 0 Å². The van der Waals surface area contributed by atoms with E-state index in [2.05, 4.69) is 36.5 Å². The first-order valence-corrected chi connectivity index (χ1v) is 9.46. The van der Waals surface area contributed by atoms with Crippen molar-refractivity contribution < 1.29 is 14.3 Å². The van der Waals surface area contributed by atoms with Crippen LogP contribution in [0.4, 0.5) is 0 Å². The third-order valence-corrected chi connectivity index (χ3v) is 5.17. The number of aryl methyl sites for hydroxylation is 1. The molecule has 1 atom stereocenters. The van der Waals surface area contributed by atoms with Crippen molar-refractivity contribution in [3.05, 3.63) is 59.2 Å². The zero-order chi connectivity index (χ0) is 19.2. The lowest BCUT2D eigenvalue weighted by Crippen LogP contribution is -2.49. The van der Waals surface area contributed by atoms with Crippen LogP contribution in [-0.4, -0.2) is 44.7 Å². The predicted octanol–water partition coefficient (Wildman–Crippen LogP) is 2.98. The SMILES string of the molecule is CCc1ccc(C2CNCCN2C(=O)Cc2cc(OC)ccc2OC)cc1. The molecule has 1 heterocycles. The lowest BCUT2D eigenvalue weighted by atomic mass is 10.00. The Hall–Kier alpha value is -2.53. The molecule has 27 heavy (non-hydrogen) atoms. The number of methoxy groups -OCH3 is 2. The molecular weight excluding hydrogens is 340 g/mol. The number of carbonyl (C=O) groups is 1. The van der Waals surface area contributed by atoms with Gasteiger partial charge in [-0.3, -0.25) is 4.79 Å². The number of ether oxygens (including phenoxy) is 2. The van der Waals surface area contributed by atoms with Gasteiger partial charge in [-0.2, -0.15) is 0 Å². The van der Waals surface area contributed by atoms with E-state index in [1.165, 1.54) is 11.1 Å². The Morgan fingerprint density at radius 1 is 1.15 bits per heavy atom. The van der Waals surface area contributed by atoms with E-state index in [1.807, 2.05) is 23.1 Å². The molecule has 2 aromatic rings. The molecule has 0 bridgehead atoms. The van der Waals surface area contributed by atoms with E-state index in [0.717, 1.165) is 30.8 Å². The molecule has 0 radical (unpaired) electrons. The van der Waals surface area contributed by atoms with Gasteiger partial charge in [0.15, 0.2) is 0 Å². The smallest absolute Gasteiger partial charge is 0.227 e. The molecule has 1 aliphatic heterocycles. The topological polar surface area (TPSA) is 50.8 Å². The van der Waals surface area contributed by atoms with Crippen LogP contribution in [0.5, 0.6) is 11.5 Å². The molecule has 2 aromatic carbocycles. The van der Waals surface area contributed by atoms with Crippen LogP contribution in [0.2, 0.25) is 0 Å². The first kappa shape index (κ1) is 19.2. The molecule has 1 saturated heterocycles. The zero-order valence-electron chi connectivity index (χ0n) is 16.3. The van der Waals surface area contributed by atoms with Gasteiger partial charge in [0.1, 0.15) is 11.5 Å². The molecule has 0 saturated carbocycles. The van der Waals surface area contributed by atoms with Crippen molar-refractivity contribution >= 4 is 5.91 Å². The highest BCUT2D eigenvalue weighted by Gasteiger charge is 2.28. The van der Waals surface area contributed by atoms with Crippen LogP contribution in [-0.2, 0) is 17.6 Å². The Morgan fingerprint density at radius 3 is 2.59 bits per heavy atom. The van der Waals surface area contributed by atoms with E-state index >= 15 is 0 Å². The quantitative estimate of drug-likeness (QED) is 0.852. The standard InChI is InChI=1S/C22H28N2O3/c1-4-16-5-7-17(8-6-16)20-15-23-11-12-24(20)22(25)14-18-13-19(26-2)9-10-21(18)27-3/h5-10,13,20,23H,4,11-12,14-15H2,1-3H3. The normalized spacial score (nSPS) is 16.9. The number of benzene rings is 2. The van der Waals surface area contributed by atoms with Crippen LogP contribution >= 0.6 is 0 Å². The average molecular weight is 368 g/mol. The molecule has 5 heteroatoms. The summed E-state index contributed by atoms with van der Waals surface area (Å²) in [5, 5.41) is 3.41. The summed E-state index contributed by atoms with van der Waals surface area (Å²) >= 11 is 0. The summed E-state index contributed by atoms with van der Waals surface area (Å²) in [6.45, 7) is 4.43. The van der Waals surface area contributed by atoms with E-state index in [4.69, 9.17) is 9.47 Å². The van der Waals surface area contributed by atoms with Gasteiger partial charge < -0.3 is 19.7 Å². The molecule has 1 fully saturated rings. The first-order chi connectivity index (χ1) is 13.2. The fourth-order valence-corrected chi connectivity index (χ4v) is 3.56. The fourth-order valence-electron chi connectivity index (χ4n) is 3.56. The van der Waals surface area contributed by atoms with Crippen LogP contribution in [0.15, 0.2) is 42.5 Å². The summed E-state index contributed by atoms with van der Waals surface area (Å²) in [5.74, 6) is 1.54. The van der Waals surface area contributed by atoms with Crippen molar-refractivity contribution in [3.8, 4) is 11.5 Å². The highest BCUT2D eigenvalue weighted by atomic mass is 16.5. The van der Waals surface area contributed by atoms with Crippen LogP contribution in [0.25, 0.3) is 0 Å². The van der Waals surface area contributed by atoms with Gasteiger partial charge in [0.25, 0.3) is 0 Å². The number of nitrogens with one attached hydrogen (secondary N) is 1. The van der Waals surface area contributed by atoms with E-state index in [0.29, 0.717) is 18.7 Å². The molecule has 5 nitrogen and oxygen atoms in total. The maximum Gasteiger partial charge on any atom is 0.227 e.